The molecule has 0 aliphatic rings. The molecule has 10 heteroatoms. The van der Waals surface area contributed by atoms with Crippen molar-refractivity contribution in [2.45, 2.75) is 26.2 Å². The van der Waals surface area contributed by atoms with Gasteiger partial charge in [0, 0.05) is 8.95 Å². The SMILES string of the molecule is CCOP(=O)(O)Cc1ccc2c(Br)c3cc(CP(=O)(O)OCC)ccc3c(Br)c2c1. The van der Waals surface area contributed by atoms with E-state index >= 15 is 0 Å². The first-order valence-electron chi connectivity index (χ1n) is 9.32. The Morgan fingerprint density at radius 3 is 1.43 bits per heavy atom. The van der Waals surface area contributed by atoms with Crippen molar-refractivity contribution in [1.82, 2.24) is 0 Å². The summed E-state index contributed by atoms with van der Waals surface area (Å²) in [5.74, 6) is 0. The second kappa shape index (κ2) is 9.51. The van der Waals surface area contributed by atoms with Gasteiger partial charge in [0.2, 0.25) is 0 Å². The molecule has 2 unspecified atom stereocenters. The van der Waals surface area contributed by atoms with Crippen molar-refractivity contribution in [3.63, 3.8) is 0 Å². The standard InChI is InChI=1S/C20H22Br2O6P2/c1-3-27-29(23,24)11-13-5-7-15-17(9-13)19(21)16-8-6-14(10-18(16)20(15)22)12-30(25,26)28-4-2/h5-10H,3-4,11-12H2,1-2H3,(H,23,24)(H,25,26). The number of hydrogen-bond donors (Lipinski definition) is 2. The molecule has 3 rings (SSSR count). The van der Waals surface area contributed by atoms with Crippen LogP contribution in [0.2, 0.25) is 0 Å². The van der Waals surface area contributed by atoms with Crippen LogP contribution >= 0.6 is 47.1 Å². The molecule has 6 nitrogen and oxygen atoms in total. The quantitative estimate of drug-likeness (QED) is 0.221. The molecule has 2 N–H and O–H groups in total. The molecule has 0 heterocycles. The van der Waals surface area contributed by atoms with Gasteiger partial charge in [-0.25, -0.2) is 0 Å². The van der Waals surface area contributed by atoms with E-state index in [1.807, 2.05) is 24.3 Å². The third kappa shape index (κ3) is 5.43. The molecule has 0 spiro atoms. The van der Waals surface area contributed by atoms with Gasteiger partial charge in [-0.05, 0) is 90.5 Å². The average molecular weight is 580 g/mol. The highest BCUT2D eigenvalue weighted by Gasteiger charge is 2.22. The van der Waals surface area contributed by atoms with Crippen LogP contribution in [0.25, 0.3) is 21.5 Å². The summed E-state index contributed by atoms with van der Waals surface area (Å²) in [5, 5.41) is 3.60. The van der Waals surface area contributed by atoms with Crippen LogP contribution in [0.1, 0.15) is 25.0 Å². The van der Waals surface area contributed by atoms with Crippen LogP contribution in [0.15, 0.2) is 45.3 Å². The monoisotopic (exact) mass is 578 g/mol. The zero-order valence-corrected chi connectivity index (χ0v) is 21.4. The molecule has 0 amide bonds. The lowest BCUT2D eigenvalue weighted by atomic mass is 10.0. The number of hydrogen-bond acceptors (Lipinski definition) is 4. The summed E-state index contributed by atoms with van der Waals surface area (Å²) in [4.78, 5) is 19.9. The van der Waals surface area contributed by atoms with Crippen molar-refractivity contribution in [1.29, 1.82) is 0 Å². The third-order valence-corrected chi connectivity index (χ3v) is 9.10. The van der Waals surface area contributed by atoms with Gasteiger partial charge in [-0.1, -0.05) is 24.3 Å². The molecule has 3 aromatic rings. The van der Waals surface area contributed by atoms with E-state index in [4.69, 9.17) is 9.05 Å². The number of benzene rings is 3. The van der Waals surface area contributed by atoms with Gasteiger partial charge in [0.25, 0.3) is 0 Å². The normalized spacial score (nSPS) is 15.9. The zero-order valence-electron chi connectivity index (χ0n) is 16.5. The molecule has 0 aliphatic carbocycles. The zero-order chi connectivity index (χ0) is 22.1. The van der Waals surface area contributed by atoms with Crippen molar-refractivity contribution >= 4 is 68.6 Å². The van der Waals surface area contributed by atoms with Gasteiger partial charge in [0.1, 0.15) is 0 Å². The molecule has 2 atom stereocenters. The lowest BCUT2D eigenvalue weighted by Crippen LogP contribution is -1.95. The molecule has 0 saturated heterocycles. The largest absolute Gasteiger partial charge is 0.332 e. The third-order valence-electron chi connectivity index (χ3n) is 4.54. The lowest BCUT2D eigenvalue weighted by molar-refractivity contribution is 0.271. The van der Waals surface area contributed by atoms with Crippen molar-refractivity contribution < 1.29 is 28.0 Å². The van der Waals surface area contributed by atoms with E-state index in [1.54, 1.807) is 26.0 Å². The van der Waals surface area contributed by atoms with Crippen LogP contribution in [0.3, 0.4) is 0 Å². The van der Waals surface area contributed by atoms with Gasteiger partial charge < -0.3 is 18.8 Å². The summed E-state index contributed by atoms with van der Waals surface area (Å²) in [6.45, 7) is 3.71. The number of rotatable bonds is 8. The maximum atomic E-state index is 12.1. The van der Waals surface area contributed by atoms with Crippen LogP contribution in [0, 0.1) is 0 Å². The van der Waals surface area contributed by atoms with Crippen LogP contribution < -0.4 is 0 Å². The smallest absolute Gasteiger partial charge is 0.324 e. The van der Waals surface area contributed by atoms with Crippen molar-refractivity contribution in [2.24, 2.45) is 0 Å². The summed E-state index contributed by atoms with van der Waals surface area (Å²) < 4.78 is 35.9. The summed E-state index contributed by atoms with van der Waals surface area (Å²) in [6, 6.07) is 11.1. The van der Waals surface area contributed by atoms with E-state index in [0.717, 1.165) is 30.5 Å². The first-order chi connectivity index (χ1) is 14.1. The second-order valence-electron chi connectivity index (χ2n) is 6.81. The predicted octanol–water partition coefficient (Wildman–Crippen LogP) is 6.96. The van der Waals surface area contributed by atoms with Crippen molar-refractivity contribution in [2.75, 3.05) is 13.2 Å². The molecular weight excluding hydrogens is 558 g/mol. The van der Waals surface area contributed by atoms with Gasteiger partial charge in [-0.3, -0.25) is 9.13 Å². The van der Waals surface area contributed by atoms with Crippen molar-refractivity contribution in [3.05, 3.63) is 56.5 Å². The molecule has 0 aliphatic heterocycles. The first kappa shape index (κ1) is 24.1. The van der Waals surface area contributed by atoms with Gasteiger partial charge >= 0.3 is 15.2 Å². The van der Waals surface area contributed by atoms with E-state index < -0.39 is 15.2 Å². The minimum atomic E-state index is -3.69. The molecule has 3 aromatic carbocycles. The van der Waals surface area contributed by atoms with Gasteiger partial charge in [-0.15, -0.1) is 0 Å². The van der Waals surface area contributed by atoms with Gasteiger partial charge in [0.05, 0.1) is 25.5 Å². The Morgan fingerprint density at radius 2 is 1.10 bits per heavy atom. The Morgan fingerprint density at radius 1 is 0.733 bits per heavy atom. The Bertz CT molecular complexity index is 1100. The Kier molecular flexibility index (Phi) is 7.64. The van der Waals surface area contributed by atoms with E-state index in [2.05, 4.69) is 31.9 Å². The maximum absolute atomic E-state index is 12.1. The highest BCUT2D eigenvalue weighted by atomic mass is 79.9. The molecule has 162 valence electrons. The number of halogens is 2. The fourth-order valence-electron chi connectivity index (χ4n) is 3.37. The molecule has 30 heavy (non-hydrogen) atoms. The summed E-state index contributed by atoms with van der Waals surface area (Å²) in [7, 11) is -7.38. The van der Waals surface area contributed by atoms with Crippen molar-refractivity contribution in [3.8, 4) is 0 Å². The van der Waals surface area contributed by atoms with Crippen LogP contribution in [0.4, 0.5) is 0 Å². The average Bonchev–Trinajstić information content (AvgIpc) is 2.65. The summed E-state index contributed by atoms with van der Waals surface area (Å²) >= 11 is 7.32. The van der Waals surface area contributed by atoms with Gasteiger partial charge in [-0.2, -0.15) is 0 Å². The first-order valence-corrected chi connectivity index (χ1v) is 14.4. The highest BCUT2D eigenvalue weighted by Crippen LogP contribution is 2.48. The minimum Gasteiger partial charge on any atom is -0.324 e. The number of fused-ring (bicyclic) bond motifs is 2. The molecule has 0 aromatic heterocycles. The maximum Gasteiger partial charge on any atom is 0.332 e. The van der Waals surface area contributed by atoms with E-state index in [-0.39, 0.29) is 25.5 Å². The van der Waals surface area contributed by atoms with Crippen LogP contribution in [-0.4, -0.2) is 23.0 Å². The lowest BCUT2D eigenvalue weighted by Gasteiger charge is -2.15. The summed E-state index contributed by atoms with van der Waals surface area (Å²) in [5.41, 5.74) is 1.39. The topological polar surface area (TPSA) is 93.1 Å². The van der Waals surface area contributed by atoms with E-state index in [9.17, 15) is 18.9 Å². The Balaban J connectivity index is 2.08. The highest BCUT2D eigenvalue weighted by molar-refractivity contribution is 9.11. The molecular formula is C20H22Br2O6P2. The fourth-order valence-corrected chi connectivity index (χ4v) is 7.03. The predicted molar refractivity (Wildman–Crippen MR) is 127 cm³/mol. The Hall–Kier alpha value is -0.560. The molecule has 0 bridgehead atoms. The molecule has 0 radical (unpaired) electrons. The second-order valence-corrected chi connectivity index (χ2v) is 12.1. The molecule has 0 fully saturated rings. The molecule has 0 saturated carbocycles. The van der Waals surface area contributed by atoms with E-state index in [1.165, 1.54) is 0 Å². The van der Waals surface area contributed by atoms with Crippen LogP contribution in [-0.2, 0) is 30.5 Å². The van der Waals surface area contributed by atoms with E-state index in [0.29, 0.717) is 11.1 Å². The Labute approximate surface area is 191 Å². The van der Waals surface area contributed by atoms with Gasteiger partial charge in [0.15, 0.2) is 0 Å². The minimum absolute atomic E-state index is 0.0684. The van der Waals surface area contributed by atoms with Crippen LogP contribution in [0.5, 0.6) is 0 Å². The summed E-state index contributed by atoms with van der Waals surface area (Å²) in [6.07, 6.45) is -0.137. The fraction of sp³-hybridized carbons (Fsp3) is 0.300.